The lowest BCUT2D eigenvalue weighted by molar-refractivity contribution is 0.0323. The summed E-state index contributed by atoms with van der Waals surface area (Å²) in [6.07, 6.45) is -0.546. The van der Waals surface area contributed by atoms with Gasteiger partial charge in [-0.1, -0.05) is 30.3 Å². The first-order valence-electron chi connectivity index (χ1n) is 6.18. The van der Waals surface area contributed by atoms with Gasteiger partial charge in [-0.2, -0.15) is 0 Å². The van der Waals surface area contributed by atoms with Crippen LogP contribution in [0.5, 0.6) is 0 Å². The molecule has 100 valence electrons. The zero-order valence-corrected chi connectivity index (χ0v) is 10.5. The highest BCUT2D eigenvalue weighted by atomic mass is 16.6. The van der Waals surface area contributed by atoms with Gasteiger partial charge < -0.3 is 19.9 Å². The number of carbonyl (C=O) groups is 1. The van der Waals surface area contributed by atoms with Crippen molar-refractivity contribution in [2.75, 3.05) is 6.61 Å². The molecule has 1 aliphatic heterocycles. The fourth-order valence-electron chi connectivity index (χ4n) is 2.02. The van der Waals surface area contributed by atoms with Gasteiger partial charge >= 0.3 is 6.09 Å². The highest BCUT2D eigenvalue weighted by molar-refractivity contribution is 6.11. The molecule has 0 aromatic heterocycles. The second kappa shape index (κ2) is 6.59. The van der Waals surface area contributed by atoms with E-state index in [1.165, 1.54) is 0 Å². The number of hydrogen-bond acceptors (Lipinski definition) is 4. The first-order valence-corrected chi connectivity index (χ1v) is 6.18. The molecule has 3 atom stereocenters. The van der Waals surface area contributed by atoms with Crippen molar-refractivity contribution in [2.24, 2.45) is 0 Å². The highest BCUT2D eigenvalue weighted by Gasteiger charge is 2.33. The van der Waals surface area contributed by atoms with Crippen molar-refractivity contribution in [1.29, 1.82) is 0 Å². The number of aliphatic hydroxyl groups excluding tert-OH is 1. The lowest BCUT2D eigenvalue weighted by atomic mass is 9.95. The number of ether oxygens (including phenoxy) is 2. The van der Waals surface area contributed by atoms with Crippen LogP contribution in [-0.2, 0) is 16.1 Å². The maximum absolute atomic E-state index is 11.6. The van der Waals surface area contributed by atoms with E-state index >= 15 is 0 Å². The van der Waals surface area contributed by atoms with E-state index in [0.717, 1.165) is 5.56 Å². The van der Waals surface area contributed by atoms with Crippen LogP contribution in [0.4, 0.5) is 4.79 Å². The van der Waals surface area contributed by atoms with Crippen LogP contribution in [0.25, 0.3) is 0 Å². The average Bonchev–Trinajstić information content (AvgIpc) is 2.77. The Morgan fingerprint density at radius 3 is 2.89 bits per heavy atom. The van der Waals surface area contributed by atoms with E-state index in [2.05, 4.69) is 5.32 Å². The summed E-state index contributed by atoms with van der Waals surface area (Å²) in [6, 6.07) is 8.62. The van der Waals surface area contributed by atoms with Crippen molar-refractivity contribution in [2.45, 2.75) is 31.2 Å². The van der Waals surface area contributed by atoms with Gasteiger partial charge in [0.15, 0.2) is 0 Å². The molecular formula is C13H16BNO4. The van der Waals surface area contributed by atoms with E-state index < -0.39 is 18.2 Å². The Morgan fingerprint density at radius 1 is 1.47 bits per heavy atom. The predicted octanol–water partition coefficient (Wildman–Crippen LogP) is 0.557. The molecule has 1 aliphatic rings. The van der Waals surface area contributed by atoms with Gasteiger partial charge in [0.25, 0.3) is 0 Å². The first kappa shape index (κ1) is 13.9. The Hall–Kier alpha value is -1.53. The van der Waals surface area contributed by atoms with Crippen LogP contribution < -0.4 is 5.32 Å². The van der Waals surface area contributed by atoms with Gasteiger partial charge in [0.1, 0.15) is 20.6 Å². The van der Waals surface area contributed by atoms with Crippen LogP contribution in [0.15, 0.2) is 30.3 Å². The second-order valence-electron chi connectivity index (χ2n) is 4.44. The van der Waals surface area contributed by atoms with Crippen LogP contribution in [0, 0.1) is 0 Å². The quantitative estimate of drug-likeness (QED) is 0.777. The van der Waals surface area contributed by atoms with E-state index in [9.17, 15) is 4.79 Å². The van der Waals surface area contributed by atoms with Gasteiger partial charge in [-0.3, -0.25) is 0 Å². The van der Waals surface area contributed by atoms with Crippen molar-refractivity contribution in [3.8, 4) is 0 Å². The van der Waals surface area contributed by atoms with E-state index in [-0.39, 0.29) is 19.3 Å². The lowest BCUT2D eigenvalue weighted by Crippen LogP contribution is -2.42. The summed E-state index contributed by atoms with van der Waals surface area (Å²) in [5.74, 6) is 0. The number of aliphatic hydroxyl groups is 1. The van der Waals surface area contributed by atoms with Crippen LogP contribution in [0.2, 0.25) is 0 Å². The van der Waals surface area contributed by atoms with E-state index in [4.69, 9.17) is 22.4 Å². The zero-order chi connectivity index (χ0) is 13.7. The summed E-state index contributed by atoms with van der Waals surface area (Å²) in [5.41, 5.74) is 0.913. The molecule has 1 aromatic carbocycles. The Labute approximate surface area is 113 Å². The summed E-state index contributed by atoms with van der Waals surface area (Å²) in [5, 5.41) is 11.8. The number of carbonyl (C=O) groups excluding carboxylic acids is 1. The summed E-state index contributed by atoms with van der Waals surface area (Å²) in [7, 11) is 5.61. The molecule has 2 N–H and O–H groups in total. The molecule has 2 radical (unpaired) electrons. The molecule has 1 heterocycles. The van der Waals surface area contributed by atoms with Crippen LogP contribution in [0.3, 0.4) is 0 Å². The van der Waals surface area contributed by atoms with E-state index in [0.29, 0.717) is 6.42 Å². The molecule has 2 rings (SSSR count). The fourth-order valence-corrected chi connectivity index (χ4v) is 2.02. The van der Waals surface area contributed by atoms with Crippen LogP contribution >= 0.6 is 0 Å². The topological polar surface area (TPSA) is 67.8 Å². The van der Waals surface area contributed by atoms with Crippen molar-refractivity contribution < 1.29 is 19.4 Å². The molecule has 5 nitrogen and oxygen atoms in total. The van der Waals surface area contributed by atoms with Gasteiger partial charge in [0.05, 0.1) is 12.6 Å². The Balaban J connectivity index is 1.78. The van der Waals surface area contributed by atoms with Crippen molar-refractivity contribution in [3.05, 3.63) is 35.9 Å². The number of hydrogen-bond donors (Lipinski definition) is 2. The van der Waals surface area contributed by atoms with Crippen molar-refractivity contribution in [1.82, 2.24) is 5.32 Å². The monoisotopic (exact) mass is 261 g/mol. The van der Waals surface area contributed by atoms with E-state index in [1.54, 1.807) is 0 Å². The highest BCUT2D eigenvalue weighted by Crippen LogP contribution is 2.18. The summed E-state index contributed by atoms with van der Waals surface area (Å²) in [4.78, 5) is 11.6. The maximum Gasteiger partial charge on any atom is 0.407 e. The van der Waals surface area contributed by atoms with Crippen molar-refractivity contribution in [3.63, 3.8) is 0 Å². The second-order valence-corrected chi connectivity index (χ2v) is 4.44. The van der Waals surface area contributed by atoms with Crippen molar-refractivity contribution >= 4 is 13.9 Å². The molecular weight excluding hydrogens is 245 g/mol. The number of rotatable bonds is 4. The van der Waals surface area contributed by atoms with E-state index in [1.807, 2.05) is 30.3 Å². The van der Waals surface area contributed by atoms with Gasteiger partial charge in [0.2, 0.25) is 0 Å². The predicted molar refractivity (Wildman–Crippen MR) is 69.7 cm³/mol. The maximum atomic E-state index is 11.6. The van der Waals surface area contributed by atoms with Gasteiger partial charge in [-0.15, -0.1) is 0 Å². The Bertz CT molecular complexity index is 414. The van der Waals surface area contributed by atoms with Crippen LogP contribution in [-0.4, -0.2) is 43.8 Å². The molecule has 6 heteroatoms. The third kappa shape index (κ3) is 3.97. The number of alkyl carbamates (subject to hydrolysis) is 1. The molecule has 1 aromatic rings. The smallest absolute Gasteiger partial charge is 0.407 e. The SMILES string of the molecule is [B][C@H]1CC(NC(=O)OCc2ccccc2)[C@@H](CO)O1. The van der Waals surface area contributed by atoms with Gasteiger partial charge in [-0.05, 0) is 12.0 Å². The molecule has 0 spiro atoms. The third-order valence-corrected chi connectivity index (χ3v) is 2.98. The lowest BCUT2D eigenvalue weighted by Gasteiger charge is -2.17. The normalized spacial score (nSPS) is 26.1. The fraction of sp³-hybridized carbons (Fsp3) is 0.462. The summed E-state index contributed by atoms with van der Waals surface area (Å²) < 4.78 is 10.3. The molecule has 0 saturated carbocycles. The van der Waals surface area contributed by atoms with Crippen LogP contribution in [0.1, 0.15) is 12.0 Å². The minimum atomic E-state index is -0.537. The molecule has 0 bridgehead atoms. The summed E-state index contributed by atoms with van der Waals surface area (Å²) >= 11 is 0. The molecule has 19 heavy (non-hydrogen) atoms. The Morgan fingerprint density at radius 2 is 2.21 bits per heavy atom. The molecule has 1 amide bonds. The molecule has 0 aliphatic carbocycles. The zero-order valence-electron chi connectivity index (χ0n) is 10.5. The Kier molecular flexibility index (Phi) is 4.82. The summed E-state index contributed by atoms with van der Waals surface area (Å²) in [6.45, 7) is 0.0213. The molecule has 1 unspecified atom stereocenters. The third-order valence-electron chi connectivity index (χ3n) is 2.98. The first-order chi connectivity index (χ1) is 9.19. The number of amides is 1. The number of nitrogens with one attached hydrogen (secondary N) is 1. The molecule has 1 fully saturated rings. The minimum Gasteiger partial charge on any atom is -0.445 e. The minimum absolute atomic E-state index is 0.183. The largest absolute Gasteiger partial charge is 0.445 e. The van der Waals surface area contributed by atoms with Gasteiger partial charge in [0, 0.05) is 6.00 Å². The average molecular weight is 261 g/mol. The number of benzene rings is 1. The van der Waals surface area contributed by atoms with Gasteiger partial charge in [-0.25, -0.2) is 4.79 Å². The molecule has 1 saturated heterocycles. The standard InChI is InChI=1S/C13H16BNO4/c14-12-6-10(11(7-16)19-12)15-13(17)18-8-9-4-2-1-3-5-9/h1-5,10-12,16H,6-8H2,(H,15,17)/t10?,11-,12-/m1/s1.